The summed E-state index contributed by atoms with van der Waals surface area (Å²) in [6, 6.07) is 0. The van der Waals surface area contributed by atoms with Crippen LogP contribution in [0.1, 0.15) is 5.56 Å². The van der Waals surface area contributed by atoms with Gasteiger partial charge in [0.25, 0.3) is 0 Å². The number of rotatable bonds is 3. The van der Waals surface area contributed by atoms with Crippen LogP contribution in [0.2, 0.25) is 0 Å². The van der Waals surface area contributed by atoms with E-state index in [1.165, 1.54) is 0 Å². The number of hydrogen-bond donors (Lipinski definition) is 1. The van der Waals surface area contributed by atoms with Gasteiger partial charge in [0.2, 0.25) is 0 Å². The molecule has 0 fully saturated rings. The molecule has 8 heteroatoms. The van der Waals surface area contributed by atoms with Crippen LogP contribution in [0.5, 0.6) is 0 Å². The third-order valence-corrected chi connectivity index (χ3v) is 1.77. The summed E-state index contributed by atoms with van der Waals surface area (Å²) in [5, 5.41) is 4.47. The minimum absolute atomic E-state index is 0.533. The van der Waals surface area contributed by atoms with Gasteiger partial charge in [-0.3, -0.25) is 9.17 Å². The highest BCUT2D eigenvalue weighted by Crippen LogP contribution is 2.11. The third-order valence-electron chi connectivity index (χ3n) is 1.32. The Balaban J connectivity index is 2.87. The molecule has 78 valence electrons. The summed E-state index contributed by atoms with van der Waals surface area (Å²) in [5.41, 5.74) is -0.533. The van der Waals surface area contributed by atoms with Gasteiger partial charge in [0.15, 0.2) is 0 Å². The molecule has 0 aliphatic rings. The minimum atomic E-state index is -4.21. The van der Waals surface area contributed by atoms with Crippen LogP contribution in [0.15, 0.2) is 12.4 Å². The van der Waals surface area contributed by atoms with Gasteiger partial charge in [-0.15, -0.1) is 0 Å². The molecular formula is C6H6F2N2O3S. The number of halogens is 2. The van der Waals surface area contributed by atoms with Crippen molar-refractivity contribution < 1.29 is 21.4 Å². The van der Waals surface area contributed by atoms with E-state index in [2.05, 4.69) is 14.3 Å². The van der Waals surface area contributed by atoms with E-state index in [9.17, 15) is 17.2 Å². The molecule has 0 aromatic carbocycles. The molecule has 0 amide bonds. The quantitative estimate of drug-likeness (QED) is 0.788. The Hall–Kier alpha value is -1.12. The molecule has 0 saturated heterocycles. The molecular weight excluding hydrogens is 218 g/mol. The first-order chi connectivity index (χ1) is 6.40. The lowest BCUT2D eigenvalue weighted by Crippen LogP contribution is -2.16. The minimum Gasteiger partial charge on any atom is -0.259 e. The fourth-order valence-electron chi connectivity index (χ4n) is 0.717. The number of nitrogens with zero attached hydrogens (tertiary/aromatic N) is 1. The predicted molar refractivity (Wildman–Crippen MR) is 42.0 cm³/mol. The van der Waals surface area contributed by atoms with Gasteiger partial charge in [0.05, 0.1) is 24.6 Å². The summed E-state index contributed by atoms with van der Waals surface area (Å²) in [6.07, 6.45) is 1.48. The van der Waals surface area contributed by atoms with Crippen LogP contribution in [0.3, 0.4) is 0 Å². The summed E-state index contributed by atoms with van der Waals surface area (Å²) >= 11 is 0. The van der Waals surface area contributed by atoms with Crippen LogP contribution in [-0.4, -0.2) is 13.4 Å². The Kier molecular flexibility index (Phi) is 3.09. The van der Waals surface area contributed by atoms with Crippen molar-refractivity contribution in [2.45, 2.75) is 6.61 Å². The smallest absolute Gasteiger partial charge is 0.259 e. The molecule has 0 aliphatic carbocycles. The molecule has 0 saturated carbocycles. The molecule has 5 nitrogen and oxygen atoms in total. The van der Waals surface area contributed by atoms with Crippen LogP contribution < -0.4 is 5.14 Å². The molecule has 1 aromatic rings. The topological polar surface area (TPSA) is 82.3 Å². The molecule has 1 heterocycles. The summed E-state index contributed by atoms with van der Waals surface area (Å²) in [5.74, 6) is -1.98. The maximum Gasteiger partial charge on any atom is 0.333 e. The first-order valence-electron chi connectivity index (χ1n) is 3.35. The van der Waals surface area contributed by atoms with Crippen molar-refractivity contribution in [2.75, 3.05) is 0 Å². The zero-order valence-electron chi connectivity index (χ0n) is 6.78. The van der Waals surface area contributed by atoms with Gasteiger partial charge in [0, 0.05) is 0 Å². The molecule has 2 N–H and O–H groups in total. The van der Waals surface area contributed by atoms with Crippen molar-refractivity contribution in [3.05, 3.63) is 29.6 Å². The molecule has 1 aromatic heterocycles. The first-order valence-corrected chi connectivity index (χ1v) is 4.82. The Labute approximate surface area is 78.8 Å². The lowest BCUT2D eigenvalue weighted by molar-refractivity contribution is 0.295. The van der Waals surface area contributed by atoms with Crippen LogP contribution in [0, 0.1) is 11.6 Å². The summed E-state index contributed by atoms with van der Waals surface area (Å²) in [4.78, 5) is 3.20. The van der Waals surface area contributed by atoms with Gasteiger partial charge in [-0.25, -0.2) is 13.9 Å². The van der Waals surface area contributed by atoms with Crippen LogP contribution in [-0.2, 0) is 21.1 Å². The van der Waals surface area contributed by atoms with Gasteiger partial charge in [-0.1, -0.05) is 0 Å². The first kappa shape index (κ1) is 11.0. The molecule has 0 bridgehead atoms. The van der Waals surface area contributed by atoms with E-state index in [1.54, 1.807) is 0 Å². The number of nitrogens with two attached hydrogens (primary N) is 1. The van der Waals surface area contributed by atoms with Gasteiger partial charge in [0.1, 0.15) is 11.6 Å². The van der Waals surface area contributed by atoms with Gasteiger partial charge < -0.3 is 0 Å². The normalized spacial score (nSPS) is 11.6. The molecule has 0 atom stereocenters. The second kappa shape index (κ2) is 3.95. The second-order valence-electron chi connectivity index (χ2n) is 2.34. The lowest BCUT2D eigenvalue weighted by Gasteiger charge is -2.03. The van der Waals surface area contributed by atoms with Gasteiger partial charge in [-0.2, -0.15) is 8.42 Å². The fourth-order valence-corrected chi connectivity index (χ4v) is 0.999. The average molecular weight is 224 g/mol. The van der Waals surface area contributed by atoms with Crippen molar-refractivity contribution in [1.29, 1.82) is 0 Å². The second-order valence-corrected chi connectivity index (χ2v) is 3.56. The van der Waals surface area contributed by atoms with Crippen LogP contribution >= 0.6 is 0 Å². The number of hydrogen-bond acceptors (Lipinski definition) is 4. The standard InChI is InChI=1S/C6H6F2N2O3S/c7-5-1-10-2-6(8)4(5)3-13-14(9,11)12/h1-2H,3H2,(H2,9,11,12). The lowest BCUT2D eigenvalue weighted by atomic mass is 10.2. The third kappa shape index (κ3) is 2.98. The van der Waals surface area contributed by atoms with Crippen molar-refractivity contribution in [1.82, 2.24) is 4.98 Å². The predicted octanol–water partition coefficient (Wildman–Crippen LogP) is 0.0799. The fraction of sp³-hybridized carbons (Fsp3) is 0.167. The van der Waals surface area contributed by atoms with Crippen molar-refractivity contribution in [2.24, 2.45) is 5.14 Å². The van der Waals surface area contributed by atoms with E-state index in [-0.39, 0.29) is 0 Å². The molecule has 0 spiro atoms. The molecule has 0 aliphatic heterocycles. The summed E-state index contributed by atoms with van der Waals surface area (Å²) in [7, 11) is -4.21. The largest absolute Gasteiger partial charge is 0.333 e. The van der Waals surface area contributed by atoms with Crippen molar-refractivity contribution in [3.8, 4) is 0 Å². The Morgan fingerprint density at radius 2 is 1.86 bits per heavy atom. The molecule has 0 radical (unpaired) electrons. The molecule has 0 unspecified atom stereocenters. The van der Waals surface area contributed by atoms with Crippen LogP contribution in [0.4, 0.5) is 8.78 Å². The maximum absolute atomic E-state index is 12.8. The molecule has 14 heavy (non-hydrogen) atoms. The van der Waals surface area contributed by atoms with Crippen LogP contribution in [0.25, 0.3) is 0 Å². The highest BCUT2D eigenvalue weighted by Gasteiger charge is 2.12. The Morgan fingerprint density at radius 3 is 2.29 bits per heavy atom. The van der Waals surface area contributed by atoms with Gasteiger partial charge in [-0.05, 0) is 0 Å². The van der Waals surface area contributed by atoms with E-state index in [0.29, 0.717) is 0 Å². The highest BCUT2D eigenvalue weighted by molar-refractivity contribution is 7.84. The van der Waals surface area contributed by atoms with E-state index in [0.717, 1.165) is 12.4 Å². The monoisotopic (exact) mass is 224 g/mol. The highest BCUT2D eigenvalue weighted by atomic mass is 32.2. The zero-order valence-corrected chi connectivity index (χ0v) is 7.59. The summed E-state index contributed by atoms with van der Waals surface area (Å²) in [6.45, 7) is -0.793. The Morgan fingerprint density at radius 1 is 1.36 bits per heavy atom. The van der Waals surface area contributed by atoms with Crippen molar-refractivity contribution >= 4 is 10.3 Å². The number of pyridine rings is 1. The van der Waals surface area contributed by atoms with Gasteiger partial charge >= 0.3 is 10.3 Å². The number of aromatic nitrogens is 1. The maximum atomic E-state index is 12.8. The Bertz CT molecular complexity index is 414. The van der Waals surface area contributed by atoms with E-state index in [1.807, 2.05) is 0 Å². The van der Waals surface area contributed by atoms with E-state index < -0.39 is 34.1 Å². The SMILES string of the molecule is NS(=O)(=O)OCc1c(F)cncc1F. The molecule has 1 rings (SSSR count). The van der Waals surface area contributed by atoms with Crippen molar-refractivity contribution in [3.63, 3.8) is 0 Å². The average Bonchev–Trinajstić information content (AvgIpc) is 2.01. The van der Waals surface area contributed by atoms with E-state index >= 15 is 0 Å². The summed E-state index contributed by atoms with van der Waals surface area (Å²) < 4.78 is 50.3. The zero-order chi connectivity index (χ0) is 10.8. The van der Waals surface area contributed by atoms with E-state index in [4.69, 9.17) is 0 Å².